The van der Waals surface area contributed by atoms with Gasteiger partial charge in [-0.25, -0.2) is 4.98 Å². The fourth-order valence-electron chi connectivity index (χ4n) is 2.28. The molecule has 0 bridgehead atoms. The molecule has 2 aromatic heterocycles. The van der Waals surface area contributed by atoms with E-state index in [-0.39, 0.29) is 11.9 Å². The molecule has 1 N–H and O–H groups in total. The number of amides is 1. The average molecular weight is 304 g/mol. The number of carbonyl (C=O) groups excluding carboxylic acids is 1. The van der Waals surface area contributed by atoms with Gasteiger partial charge in [0.2, 0.25) is 0 Å². The van der Waals surface area contributed by atoms with Gasteiger partial charge in [0, 0.05) is 18.9 Å². The molecule has 0 fully saturated rings. The number of thiophene rings is 1. The first-order valence-electron chi connectivity index (χ1n) is 7.06. The Morgan fingerprint density at radius 2 is 2.19 bits per heavy atom. The zero-order valence-electron chi connectivity index (χ0n) is 12.3. The van der Waals surface area contributed by atoms with Gasteiger partial charge in [-0.05, 0) is 35.5 Å². The van der Waals surface area contributed by atoms with Crippen LogP contribution in [0.2, 0.25) is 0 Å². The van der Waals surface area contributed by atoms with Crippen molar-refractivity contribution in [2.45, 2.75) is 19.9 Å². The maximum absolute atomic E-state index is 12.1. The highest BCUT2D eigenvalue weighted by Crippen LogP contribution is 2.22. The van der Waals surface area contributed by atoms with E-state index in [0.717, 1.165) is 13.1 Å². The van der Waals surface area contributed by atoms with Crippen LogP contribution in [0.4, 0.5) is 0 Å². The second-order valence-electron chi connectivity index (χ2n) is 4.59. The molecule has 0 aliphatic rings. The minimum Gasteiger partial charge on any atom is -0.349 e. The zero-order valence-corrected chi connectivity index (χ0v) is 13.1. The van der Waals surface area contributed by atoms with Crippen LogP contribution in [0.15, 0.2) is 35.4 Å². The van der Waals surface area contributed by atoms with E-state index < -0.39 is 0 Å². The Balaban J connectivity index is 2.04. The fraction of sp³-hybridized carbons (Fsp3) is 0.400. The van der Waals surface area contributed by atoms with Crippen LogP contribution in [0.25, 0.3) is 0 Å². The molecule has 0 radical (unpaired) electrons. The van der Waals surface area contributed by atoms with Crippen LogP contribution in [0.5, 0.6) is 0 Å². The van der Waals surface area contributed by atoms with Crippen LogP contribution in [0.1, 0.15) is 35.9 Å². The summed E-state index contributed by atoms with van der Waals surface area (Å²) in [5.41, 5.74) is 1.59. The Kier molecular flexibility index (Phi) is 5.83. The predicted octanol–water partition coefficient (Wildman–Crippen LogP) is 2.35. The maximum Gasteiger partial charge on any atom is 0.271 e. The molecular weight excluding hydrogens is 284 g/mol. The molecule has 2 rings (SSSR count). The predicted molar refractivity (Wildman–Crippen MR) is 84.3 cm³/mol. The van der Waals surface area contributed by atoms with Crippen LogP contribution in [0.3, 0.4) is 0 Å². The Morgan fingerprint density at radius 3 is 2.76 bits per heavy atom. The summed E-state index contributed by atoms with van der Waals surface area (Å²) < 4.78 is 0. The summed E-state index contributed by atoms with van der Waals surface area (Å²) in [6.07, 6.45) is 4.56. The highest BCUT2D eigenvalue weighted by Gasteiger charge is 2.19. The number of hydrogen-bond donors (Lipinski definition) is 1. The molecule has 0 aliphatic heterocycles. The number of likely N-dealkylation sites (N-methyl/N-ethyl adjacent to an activating group) is 1. The quantitative estimate of drug-likeness (QED) is 0.853. The lowest BCUT2D eigenvalue weighted by molar-refractivity contribution is 0.0929. The minimum absolute atomic E-state index is 0.185. The molecule has 5 nitrogen and oxygen atoms in total. The molecule has 21 heavy (non-hydrogen) atoms. The Morgan fingerprint density at radius 1 is 1.38 bits per heavy atom. The smallest absolute Gasteiger partial charge is 0.271 e. The highest BCUT2D eigenvalue weighted by atomic mass is 32.1. The molecule has 0 saturated carbocycles. The topological polar surface area (TPSA) is 58.1 Å². The first-order chi connectivity index (χ1) is 10.3. The maximum atomic E-state index is 12.1. The summed E-state index contributed by atoms with van der Waals surface area (Å²) in [6, 6.07) is 2.30. The zero-order chi connectivity index (χ0) is 15.1. The van der Waals surface area contributed by atoms with E-state index in [1.54, 1.807) is 17.5 Å². The van der Waals surface area contributed by atoms with Gasteiger partial charge >= 0.3 is 0 Å². The number of hydrogen-bond acceptors (Lipinski definition) is 5. The van der Waals surface area contributed by atoms with E-state index in [1.165, 1.54) is 18.0 Å². The van der Waals surface area contributed by atoms with E-state index in [1.807, 2.05) is 0 Å². The molecule has 6 heteroatoms. The van der Waals surface area contributed by atoms with Gasteiger partial charge in [0.25, 0.3) is 5.91 Å². The molecule has 2 heterocycles. The molecule has 1 atom stereocenters. The molecule has 0 spiro atoms. The van der Waals surface area contributed by atoms with Gasteiger partial charge in [0.1, 0.15) is 5.69 Å². The van der Waals surface area contributed by atoms with Crippen molar-refractivity contribution in [3.8, 4) is 0 Å². The van der Waals surface area contributed by atoms with Gasteiger partial charge in [-0.1, -0.05) is 13.8 Å². The van der Waals surface area contributed by atoms with Crippen molar-refractivity contribution in [2.24, 2.45) is 0 Å². The molecule has 1 unspecified atom stereocenters. The standard InChI is InChI=1S/C15H20N4OS/c1-3-19(4-2)14(12-5-8-21-11-12)10-18-15(20)13-9-16-6-7-17-13/h5-9,11,14H,3-4,10H2,1-2H3,(H,18,20). The Bertz CT molecular complexity index is 540. The van der Waals surface area contributed by atoms with Crippen LogP contribution in [0, 0.1) is 0 Å². The van der Waals surface area contributed by atoms with Crippen molar-refractivity contribution in [2.75, 3.05) is 19.6 Å². The monoisotopic (exact) mass is 304 g/mol. The molecule has 0 aliphatic carbocycles. The number of aromatic nitrogens is 2. The van der Waals surface area contributed by atoms with Gasteiger partial charge in [-0.2, -0.15) is 11.3 Å². The lowest BCUT2D eigenvalue weighted by Crippen LogP contribution is -2.38. The lowest BCUT2D eigenvalue weighted by atomic mass is 10.1. The van der Waals surface area contributed by atoms with Gasteiger partial charge in [0.15, 0.2) is 0 Å². The van der Waals surface area contributed by atoms with Gasteiger partial charge in [0.05, 0.1) is 12.2 Å². The number of nitrogens with one attached hydrogen (secondary N) is 1. The molecule has 2 aromatic rings. The van der Waals surface area contributed by atoms with Crippen LogP contribution >= 0.6 is 11.3 Å². The molecule has 0 saturated heterocycles. The normalized spacial score (nSPS) is 12.3. The second-order valence-corrected chi connectivity index (χ2v) is 5.37. The van der Waals surface area contributed by atoms with Gasteiger partial charge < -0.3 is 5.32 Å². The van der Waals surface area contributed by atoms with E-state index in [9.17, 15) is 4.79 Å². The third kappa shape index (κ3) is 4.09. The summed E-state index contributed by atoms with van der Waals surface area (Å²) in [5.74, 6) is -0.185. The summed E-state index contributed by atoms with van der Waals surface area (Å²) >= 11 is 1.68. The van der Waals surface area contributed by atoms with Crippen molar-refractivity contribution in [1.82, 2.24) is 20.2 Å². The highest BCUT2D eigenvalue weighted by molar-refractivity contribution is 7.07. The Labute approximate surface area is 129 Å². The van der Waals surface area contributed by atoms with Crippen molar-refractivity contribution in [1.29, 1.82) is 0 Å². The molecule has 0 aromatic carbocycles. The van der Waals surface area contributed by atoms with Crippen LogP contribution in [-0.4, -0.2) is 40.4 Å². The number of rotatable bonds is 7. The molecular formula is C15H20N4OS. The molecule has 112 valence electrons. The minimum atomic E-state index is -0.185. The van der Waals surface area contributed by atoms with E-state index in [2.05, 4.69) is 50.9 Å². The summed E-state index contributed by atoms with van der Waals surface area (Å²) in [7, 11) is 0. The van der Waals surface area contributed by atoms with Gasteiger partial charge in [-0.3, -0.25) is 14.7 Å². The van der Waals surface area contributed by atoms with E-state index in [4.69, 9.17) is 0 Å². The van der Waals surface area contributed by atoms with E-state index in [0.29, 0.717) is 12.2 Å². The first-order valence-corrected chi connectivity index (χ1v) is 8.00. The fourth-order valence-corrected chi connectivity index (χ4v) is 2.99. The van der Waals surface area contributed by atoms with Crippen molar-refractivity contribution in [3.05, 3.63) is 46.7 Å². The van der Waals surface area contributed by atoms with Crippen LogP contribution in [-0.2, 0) is 0 Å². The summed E-state index contributed by atoms with van der Waals surface area (Å²) in [4.78, 5) is 22.4. The number of carbonyl (C=O) groups is 1. The van der Waals surface area contributed by atoms with Gasteiger partial charge in [-0.15, -0.1) is 0 Å². The van der Waals surface area contributed by atoms with Crippen molar-refractivity contribution >= 4 is 17.2 Å². The van der Waals surface area contributed by atoms with Crippen molar-refractivity contribution < 1.29 is 4.79 Å². The Hall–Kier alpha value is -1.79. The first kappa shape index (κ1) is 15.6. The second kappa shape index (κ2) is 7.85. The largest absolute Gasteiger partial charge is 0.349 e. The third-order valence-corrected chi connectivity index (χ3v) is 4.13. The lowest BCUT2D eigenvalue weighted by Gasteiger charge is -2.29. The average Bonchev–Trinajstić information content (AvgIpc) is 3.06. The molecule has 1 amide bonds. The van der Waals surface area contributed by atoms with Crippen LogP contribution < -0.4 is 5.32 Å². The SMILES string of the molecule is CCN(CC)C(CNC(=O)c1cnccn1)c1ccsc1. The summed E-state index contributed by atoms with van der Waals surface area (Å²) in [5, 5.41) is 7.16. The van der Waals surface area contributed by atoms with Crippen molar-refractivity contribution in [3.63, 3.8) is 0 Å². The number of nitrogens with zero attached hydrogens (tertiary/aromatic N) is 3. The van der Waals surface area contributed by atoms with E-state index >= 15 is 0 Å². The summed E-state index contributed by atoms with van der Waals surface area (Å²) in [6.45, 7) is 6.71. The third-order valence-electron chi connectivity index (χ3n) is 3.43.